The van der Waals surface area contributed by atoms with E-state index in [2.05, 4.69) is 0 Å². The number of halogens is 3. The largest absolute Gasteiger partial charge is 0.446 e. The van der Waals surface area contributed by atoms with Crippen LogP contribution in [0.4, 0.5) is 13.2 Å². The maximum absolute atomic E-state index is 12.0. The molecule has 0 bridgehead atoms. The summed E-state index contributed by atoms with van der Waals surface area (Å²) in [4.78, 5) is 0.219. The van der Waals surface area contributed by atoms with Crippen LogP contribution in [0.1, 0.15) is 18.9 Å². The molecule has 0 nitrogen and oxygen atoms in total. The number of benzene rings is 1. The lowest BCUT2D eigenvalue weighted by molar-refractivity contribution is -0.0328. The third kappa shape index (κ3) is 4.93. The molecule has 82 valence electrons. The molecule has 1 aromatic carbocycles. The number of thioether (sulfide) groups is 1. The molecule has 0 heterocycles. The van der Waals surface area contributed by atoms with E-state index in [-0.39, 0.29) is 16.7 Å². The fourth-order valence-corrected chi connectivity index (χ4v) is 1.57. The zero-order valence-electron chi connectivity index (χ0n) is 8.21. The van der Waals surface area contributed by atoms with Gasteiger partial charge in [-0.3, -0.25) is 0 Å². The van der Waals surface area contributed by atoms with Crippen LogP contribution in [0.3, 0.4) is 0 Å². The predicted octanol–water partition coefficient (Wildman–Crippen LogP) is 4.72. The van der Waals surface area contributed by atoms with Crippen molar-refractivity contribution in [2.24, 2.45) is 0 Å². The van der Waals surface area contributed by atoms with Gasteiger partial charge in [-0.05, 0) is 35.9 Å². The van der Waals surface area contributed by atoms with Gasteiger partial charge in [0.1, 0.15) is 0 Å². The summed E-state index contributed by atoms with van der Waals surface area (Å²) in [5, 5.41) is 0. The Bertz CT molecular complexity index is 325. The minimum Gasteiger partial charge on any atom is -0.160 e. The standard InChI is InChI=1S/C11H11F3S/c1-2-3-4-9-5-7-10(8-6-9)15-11(12,13)14/h3-8H,2H2,1H3. The molecule has 4 heteroatoms. The molecule has 15 heavy (non-hydrogen) atoms. The second-order valence-electron chi connectivity index (χ2n) is 2.93. The number of hydrogen-bond acceptors (Lipinski definition) is 1. The van der Waals surface area contributed by atoms with Crippen LogP contribution in [0.2, 0.25) is 0 Å². The highest BCUT2D eigenvalue weighted by atomic mass is 32.2. The van der Waals surface area contributed by atoms with Crippen molar-refractivity contribution in [3.05, 3.63) is 35.9 Å². The van der Waals surface area contributed by atoms with Crippen molar-refractivity contribution in [1.82, 2.24) is 0 Å². The van der Waals surface area contributed by atoms with Gasteiger partial charge in [0.05, 0.1) is 0 Å². The van der Waals surface area contributed by atoms with Crippen molar-refractivity contribution in [3.63, 3.8) is 0 Å². The second kappa shape index (κ2) is 5.26. The summed E-state index contributed by atoms with van der Waals surface area (Å²) in [6, 6.07) is 6.32. The van der Waals surface area contributed by atoms with Crippen LogP contribution in [-0.4, -0.2) is 5.51 Å². The zero-order chi connectivity index (χ0) is 11.3. The molecule has 1 aromatic rings. The molecule has 0 spiro atoms. The Labute approximate surface area is 91.2 Å². The van der Waals surface area contributed by atoms with Gasteiger partial charge in [0.25, 0.3) is 0 Å². The fourth-order valence-electron chi connectivity index (χ4n) is 1.03. The summed E-state index contributed by atoms with van der Waals surface area (Å²) >= 11 is -0.0908. The van der Waals surface area contributed by atoms with Crippen LogP contribution in [0.5, 0.6) is 0 Å². The van der Waals surface area contributed by atoms with Crippen molar-refractivity contribution >= 4 is 17.8 Å². The molecule has 0 radical (unpaired) electrons. The first kappa shape index (κ1) is 12.2. The van der Waals surface area contributed by atoms with E-state index >= 15 is 0 Å². The number of alkyl halides is 3. The van der Waals surface area contributed by atoms with Crippen LogP contribution < -0.4 is 0 Å². The van der Waals surface area contributed by atoms with E-state index in [4.69, 9.17) is 0 Å². The van der Waals surface area contributed by atoms with E-state index < -0.39 is 5.51 Å². The predicted molar refractivity (Wildman–Crippen MR) is 57.7 cm³/mol. The Hall–Kier alpha value is -0.900. The van der Waals surface area contributed by atoms with Gasteiger partial charge in [-0.1, -0.05) is 31.2 Å². The molecule has 0 aliphatic heterocycles. The van der Waals surface area contributed by atoms with Gasteiger partial charge in [0.2, 0.25) is 0 Å². The third-order valence-electron chi connectivity index (χ3n) is 1.66. The molecular formula is C11H11F3S. The van der Waals surface area contributed by atoms with E-state index in [1.165, 1.54) is 12.1 Å². The molecule has 0 unspecified atom stereocenters. The number of allylic oxidation sites excluding steroid dienone is 1. The minimum atomic E-state index is -4.21. The second-order valence-corrected chi connectivity index (χ2v) is 4.07. The van der Waals surface area contributed by atoms with E-state index in [1.54, 1.807) is 12.1 Å². The van der Waals surface area contributed by atoms with Crippen molar-refractivity contribution in [1.29, 1.82) is 0 Å². The molecule has 0 fully saturated rings. The highest BCUT2D eigenvalue weighted by Gasteiger charge is 2.28. The summed E-state index contributed by atoms with van der Waals surface area (Å²) in [6.45, 7) is 2.00. The van der Waals surface area contributed by atoms with Crippen LogP contribution in [0, 0.1) is 0 Å². The number of hydrogen-bond donors (Lipinski definition) is 0. The van der Waals surface area contributed by atoms with Gasteiger partial charge in [0, 0.05) is 4.90 Å². The highest BCUT2D eigenvalue weighted by molar-refractivity contribution is 8.00. The van der Waals surface area contributed by atoms with Crippen molar-refractivity contribution < 1.29 is 13.2 Å². The van der Waals surface area contributed by atoms with Gasteiger partial charge in [0.15, 0.2) is 0 Å². The average Bonchev–Trinajstić information content (AvgIpc) is 2.14. The number of rotatable bonds is 3. The average molecular weight is 232 g/mol. The van der Waals surface area contributed by atoms with E-state index in [0.29, 0.717) is 0 Å². The van der Waals surface area contributed by atoms with E-state index in [1.807, 2.05) is 19.1 Å². The van der Waals surface area contributed by atoms with Gasteiger partial charge >= 0.3 is 5.51 Å². The first-order chi connectivity index (χ1) is 7.01. The minimum absolute atomic E-state index is 0.0908. The molecule has 0 amide bonds. The normalized spacial score (nSPS) is 12.3. The molecule has 0 aromatic heterocycles. The van der Waals surface area contributed by atoms with E-state index in [0.717, 1.165) is 12.0 Å². The Kier molecular flexibility index (Phi) is 4.27. The first-order valence-electron chi connectivity index (χ1n) is 4.53. The summed E-state index contributed by atoms with van der Waals surface area (Å²) in [5.74, 6) is 0. The van der Waals surface area contributed by atoms with Crippen molar-refractivity contribution in [2.45, 2.75) is 23.7 Å². The quantitative estimate of drug-likeness (QED) is 0.679. The van der Waals surface area contributed by atoms with Crippen LogP contribution >= 0.6 is 11.8 Å². The molecule has 0 saturated heterocycles. The summed E-state index contributed by atoms with van der Waals surface area (Å²) in [6.07, 6.45) is 4.77. The molecule has 0 N–H and O–H groups in total. The van der Waals surface area contributed by atoms with Crippen LogP contribution in [0.15, 0.2) is 35.2 Å². The maximum atomic E-state index is 12.0. The van der Waals surface area contributed by atoms with Gasteiger partial charge in [-0.15, -0.1) is 0 Å². The van der Waals surface area contributed by atoms with Gasteiger partial charge < -0.3 is 0 Å². The molecule has 0 aliphatic carbocycles. The monoisotopic (exact) mass is 232 g/mol. The van der Waals surface area contributed by atoms with E-state index in [9.17, 15) is 13.2 Å². The van der Waals surface area contributed by atoms with Crippen LogP contribution in [-0.2, 0) is 0 Å². The van der Waals surface area contributed by atoms with Crippen molar-refractivity contribution in [3.8, 4) is 0 Å². The Morgan fingerprint density at radius 1 is 1.20 bits per heavy atom. The lowest BCUT2D eigenvalue weighted by Gasteiger charge is -2.05. The Morgan fingerprint density at radius 2 is 1.80 bits per heavy atom. The molecule has 0 aliphatic rings. The maximum Gasteiger partial charge on any atom is 0.446 e. The fraction of sp³-hybridized carbons (Fsp3) is 0.273. The van der Waals surface area contributed by atoms with Crippen LogP contribution in [0.25, 0.3) is 6.08 Å². The smallest absolute Gasteiger partial charge is 0.160 e. The lowest BCUT2D eigenvalue weighted by atomic mass is 10.2. The van der Waals surface area contributed by atoms with Crippen molar-refractivity contribution in [2.75, 3.05) is 0 Å². The molecule has 1 rings (SSSR count). The first-order valence-corrected chi connectivity index (χ1v) is 5.35. The summed E-state index contributed by atoms with van der Waals surface area (Å²) in [7, 11) is 0. The molecule has 0 atom stereocenters. The SMILES string of the molecule is CCC=Cc1ccc(SC(F)(F)F)cc1. The Morgan fingerprint density at radius 3 is 2.27 bits per heavy atom. The van der Waals surface area contributed by atoms with Gasteiger partial charge in [-0.2, -0.15) is 13.2 Å². The molecular weight excluding hydrogens is 221 g/mol. The molecule has 0 saturated carbocycles. The highest BCUT2D eigenvalue weighted by Crippen LogP contribution is 2.36. The lowest BCUT2D eigenvalue weighted by Crippen LogP contribution is -1.98. The summed E-state index contributed by atoms with van der Waals surface area (Å²) < 4.78 is 36.0. The third-order valence-corrected chi connectivity index (χ3v) is 2.40. The van der Waals surface area contributed by atoms with Gasteiger partial charge in [-0.25, -0.2) is 0 Å². The Balaban J connectivity index is 2.68. The summed E-state index contributed by atoms with van der Waals surface area (Å²) in [5.41, 5.74) is -3.29. The zero-order valence-corrected chi connectivity index (χ0v) is 9.03. The topological polar surface area (TPSA) is 0 Å².